The minimum absolute atomic E-state index is 0.0340. The Hall–Kier alpha value is -1.12. The number of nitrogens with zero attached hydrogens (tertiary/aromatic N) is 2. The quantitative estimate of drug-likeness (QED) is 0.671. The molecule has 1 rings (SSSR count). The summed E-state index contributed by atoms with van der Waals surface area (Å²) in [6, 6.07) is 2.97. The number of hydrogen-bond donors (Lipinski definition) is 2. The van der Waals surface area contributed by atoms with Crippen LogP contribution in [0.2, 0.25) is 0 Å². The second-order valence-electron chi connectivity index (χ2n) is 5.44. The number of piperidine rings is 1. The Morgan fingerprint density at radius 3 is 2.95 bits per heavy atom. The molecule has 0 aliphatic carbocycles. The number of nitriles is 1. The van der Waals surface area contributed by atoms with Crippen LogP contribution in [0.25, 0.3) is 0 Å². The van der Waals surface area contributed by atoms with E-state index in [1.807, 2.05) is 6.07 Å². The maximum Gasteiger partial charge on any atom is 0.234 e. The van der Waals surface area contributed by atoms with Crippen molar-refractivity contribution in [1.29, 1.82) is 5.26 Å². The lowest BCUT2D eigenvalue weighted by atomic mass is 10.0. The highest BCUT2D eigenvalue weighted by atomic mass is 16.2. The summed E-state index contributed by atoms with van der Waals surface area (Å²) >= 11 is 0. The van der Waals surface area contributed by atoms with Crippen LogP contribution in [0.3, 0.4) is 0 Å². The smallest absolute Gasteiger partial charge is 0.234 e. The molecule has 1 heterocycles. The van der Waals surface area contributed by atoms with E-state index in [1.54, 1.807) is 0 Å². The van der Waals surface area contributed by atoms with Crippen molar-refractivity contribution in [3.8, 4) is 6.07 Å². The summed E-state index contributed by atoms with van der Waals surface area (Å²) in [7, 11) is 0. The van der Waals surface area contributed by atoms with Gasteiger partial charge >= 0.3 is 0 Å². The van der Waals surface area contributed by atoms with Crippen LogP contribution in [0.1, 0.15) is 39.5 Å². The predicted molar refractivity (Wildman–Crippen MR) is 75.6 cm³/mol. The molecule has 1 aliphatic heterocycles. The normalized spacial score (nSPS) is 20.2. The van der Waals surface area contributed by atoms with Gasteiger partial charge in [0.1, 0.15) is 0 Å². The van der Waals surface area contributed by atoms with Gasteiger partial charge in [-0.05, 0) is 19.4 Å². The summed E-state index contributed by atoms with van der Waals surface area (Å²) in [5.41, 5.74) is 0. The van der Waals surface area contributed by atoms with Gasteiger partial charge in [0, 0.05) is 25.2 Å². The summed E-state index contributed by atoms with van der Waals surface area (Å²) in [5, 5.41) is 14.7. The van der Waals surface area contributed by atoms with Crippen LogP contribution in [-0.2, 0) is 4.79 Å². The van der Waals surface area contributed by atoms with Crippen molar-refractivity contribution < 1.29 is 4.79 Å². The standard InChI is InChI=1S/C14H26N4O/c1-12(2)17-10-13-6-3-4-9-18(13)11-14(19)16-8-5-7-15/h12-13,17H,3-6,8-11H2,1-2H3,(H,16,19). The number of likely N-dealkylation sites (tertiary alicyclic amines) is 1. The maximum atomic E-state index is 11.8. The van der Waals surface area contributed by atoms with Crippen LogP contribution in [-0.4, -0.2) is 49.1 Å². The second kappa shape index (κ2) is 8.89. The number of nitrogens with one attached hydrogen (secondary N) is 2. The molecular weight excluding hydrogens is 240 g/mol. The molecule has 0 saturated carbocycles. The van der Waals surface area contributed by atoms with Crippen LogP contribution in [0, 0.1) is 11.3 Å². The van der Waals surface area contributed by atoms with E-state index in [2.05, 4.69) is 29.4 Å². The molecule has 1 fully saturated rings. The van der Waals surface area contributed by atoms with Crippen LogP contribution in [0.5, 0.6) is 0 Å². The van der Waals surface area contributed by atoms with E-state index in [9.17, 15) is 4.79 Å². The van der Waals surface area contributed by atoms with Gasteiger partial charge in [-0.15, -0.1) is 0 Å². The van der Waals surface area contributed by atoms with Gasteiger partial charge in [-0.25, -0.2) is 0 Å². The van der Waals surface area contributed by atoms with E-state index in [4.69, 9.17) is 5.26 Å². The molecule has 1 saturated heterocycles. The molecule has 5 nitrogen and oxygen atoms in total. The Labute approximate surface area is 116 Å². The fourth-order valence-corrected chi connectivity index (χ4v) is 2.37. The molecule has 2 N–H and O–H groups in total. The van der Waals surface area contributed by atoms with Crippen molar-refractivity contribution in [2.24, 2.45) is 0 Å². The zero-order valence-electron chi connectivity index (χ0n) is 12.1. The van der Waals surface area contributed by atoms with Gasteiger partial charge < -0.3 is 10.6 Å². The average molecular weight is 266 g/mol. The van der Waals surface area contributed by atoms with Crippen molar-refractivity contribution in [3.05, 3.63) is 0 Å². The first-order chi connectivity index (χ1) is 9.13. The molecule has 0 aromatic rings. The first-order valence-electron chi connectivity index (χ1n) is 7.24. The molecule has 19 heavy (non-hydrogen) atoms. The largest absolute Gasteiger partial charge is 0.354 e. The SMILES string of the molecule is CC(C)NCC1CCCCN1CC(=O)NCCC#N. The van der Waals surface area contributed by atoms with E-state index in [1.165, 1.54) is 12.8 Å². The van der Waals surface area contributed by atoms with Gasteiger partial charge in [-0.3, -0.25) is 9.69 Å². The van der Waals surface area contributed by atoms with Gasteiger partial charge in [0.05, 0.1) is 19.0 Å². The number of hydrogen-bond acceptors (Lipinski definition) is 4. The molecule has 1 atom stereocenters. The first-order valence-corrected chi connectivity index (χ1v) is 7.24. The predicted octanol–water partition coefficient (Wildman–Crippen LogP) is 0.869. The highest BCUT2D eigenvalue weighted by Gasteiger charge is 2.23. The Kier molecular flexibility index (Phi) is 7.46. The lowest BCUT2D eigenvalue weighted by Crippen LogP contribution is -2.50. The summed E-state index contributed by atoms with van der Waals surface area (Å²) < 4.78 is 0. The Morgan fingerprint density at radius 2 is 2.26 bits per heavy atom. The van der Waals surface area contributed by atoms with E-state index in [0.717, 1.165) is 19.5 Å². The van der Waals surface area contributed by atoms with E-state index >= 15 is 0 Å². The van der Waals surface area contributed by atoms with E-state index in [0.29, 0.717) is 31.6 Å². The van der Waals surface area contributed by atoms with Crippen LogP contribution in [0.15, 0.2) is 0 Å². The Balaban J connectivity index is 2.35. The summed E-state index contributed by atoms with van der Waals surface area (Å²) in [6.07, 6.45) is 3.95. The Morgan fingerprint density at radius 1 is 1.47 bits per heavy atom. The van der Waals surface area contributed by atoms with Crippen LogP contribution >= 0.6 is 0 Å². The van der Waals surface area contributed by atoms with Crippen molar-refractivity contribution in [2.45, 2.75) is 51.6 Å². The molecule has 0 spiro atoms. The topological polar surface area (TPSA) is 68.2 Å². The highest BCUT2D eigenvalue weighted by Crippen LogP contribution is 2.16. The highest BCUT2D eigenvalue weighted by molar-refractivity contribution is 5.78. The summed E-state index contributed by atoms with van der Waals surface area (Å²) in [6.45, 7) is 7.14. The minimum atomic E-state index is 0.0340. The van der Waals surface area contributed by atoms with E-state index < -0.39 is 0 Å². The lowest BCUT2D eigenvalue weighted by Gasteiger charge is -2.35. The molecule has 5 heteroatoms. The molecule has 0 radical (unpaired) electrons. The van der Waals surface area contributed by atoms with Crippen molar-refractivity contribution in [3.63, 3.8) is 0 Å². The van der Waals surface area contributed by atoms with Gasteiger partial charge in [0.2, 0.25) is 5.91 Å². The summed E-state index contributed by atoms with van der Waals surface area (Å²) in [5.74, 6) is 0.0340. The van der Waals surface area contributed by atoms with Crippen molar-refractivity contribution in [2.75, 3.05) is 26.2 Å². The lowest BCUT2D eigenvalue weighted by molar-refractivity contribution is -0.123. The molecule has 0 aromatic carbocycles. The number of rotatable bonds is 7. The second-order valence-corrected chi connectivity index (χ2v) is 5.44. The van der Waals surface area contributed by atoms with E-state index in [-0.39, 0.29) is 5.91 Å². The zero-order chi connectivity index (χ0) is 14.1. The van der Waals surface area contributed by atoms with Gasteiger partial charge in [0.25, 0.3) is 0 Å². The molecule has 0 aromatic heterocycles. The molecule has 1 aliphatic rings. The summed E-state index contributed by atoms with van der Waals surface area (Å²) in [4.78, 5) is 14.1. The van der Waals surface area contributed by atoms with Crippen LogP contribution in [0.4, 0.5) is 0 Å². The van der Waals surface area contributed by atoms with Gasteiger partial charge in [0.15, 0.2) is 0 Å². The number of carbonyl (C=O) groups excluding carboxylic acids is 1. The van der Waals surface area contributed by atoms with Crippen molar-refractivity contribution >= 4 is 5.91 Å². The number of carbonyl (C=O) groups is 1. The molecule has 108 valence electrons. The molecular formula is C14H26N4O. The molecule has 1 unspecified atom stereocenters. The molecule has 1 amide bonds. The fourth-order valence-electron chi connectivity index (χ4n) is 2.37. The zero-order valence-corrected chi connectivity index (χ0v) is 12.1. The van der Waals surface area contributed by atoms with Gasteiger partial charge in [-0.1, -0.05) is 20.3 Å². The van der Waals surface area contributed by atoms with Crippen LogP contribution < -0.4 is 10.6 Å². The number of amides is 1. The third-order valence-corrected chi connectivity index (χ3v) is 3.42. The minimum Gasteiger partial charge on any atom is -0.354 e. The molecule has 0 bridgehead atoms. The fraction of sp³-hybridized carbons (Fsp3) is 0.857. The third-order valence-electron chi connectivity index (χ3n) is 3.42. The maximum absolute atomic E-state index is 11.8. The average Bonchev–Trinajstić information content (AvgIpc) is 2.38. The third kappa shape index (κ3) is 6.55. The Bertz CT molecular complexity index is 311. The first kappa shape index (κ1) is 15.9. The van der Waals surface area contributed by atoms with Crippen molar-refractivity contribution in [1.82, 2.24) is 15.5 Å². The van der Waals surface area contributed by atoms with Gasteiger partial charge in [-0.2, -0.15) is 5.26 Å². The monoisotopic (exact) mass is 266 g/mol.